The zero-order chi connectivity index (χ0) is 20.1. The number of amides is 1. The lowest BCUT2D eigenvalue weighted by atomic mass is 9.98. The molecule has 1 aromatic carbocycles. The van der Waals surface area contributed by atoms with Crippen LogP contribution in [0.5, 0.6) is 11.5 Å². The Bertz CT molecular complexity index is 686. The smallest absolute Gasteiger partial charge is 0.234 e. The number of fused-ring (bicyclic) bond motifs is 1. The number of rotatable bonds is 7. The Hall–Kier alpha value is -1.83. The Morgan fingerprint density at radius 1 is 1.11 bits per heavy atom. The molecular weight excluding hydrogens is 358 g/mol. The topological polar surface area (TPSA) is 63.3 Å². The normalized spacial score (nSPS) is 18.4. The van der Waals surface area contributed by atoms with Gasteiger partial charge in [-0.3, -0.25) is 14.6 Å². The van der Waals surface area contributed by atoms with Gasteiger partial charge in [-0.05, 0) is 43.5 Å². The molecular formula is C21H33N3O4. The first-order chi connectivity index (χ1) is 13.4. The van der Waals surface area contributed by atoms with E-state index in [1.54, 1.807) is 14.2 Å². The molecule has 2 aliphatic rings. The molecule has 0 atom stereocenters. The Balaban J connectivity index is 1.53. The van der Waals surface area contributed by atoms with Crippen LogP contribution in [0.25, 0.3) is 0 Å². The average Bonchev–Trinajstić information content (AvgIpc) is 2.72. The lowest BCUT2D eigenvalue weighted by molar-refractivity contribution is -0.123. The highest BCUT2D eigenvalue weighted by Crippen LogP contribution is 2.33. The highest BCUT2D eigenvalue weighted by molar-refractivity contribution is 5.78. The lowest BCUT2D eigenvalue weighted by Crippen LogP contribution is -2.56. The molecule has 28 heavy (non-hydrogen) atoms. The van der Waals surface area contributed by atoms with Gasteiger partial charge < -0.3 is 19.5 Å². The number of methoxy groups -OCH3 is 2. The summed E-state index contributed by atoms with van der Waals surface area (Å²) in [5.74, 6) is 1.57. The van der Waals surface area contributed by atoms with E-state index in [-0.39, 0.29) is 11.4 Å². The second-order valence-electron chi connectivity index (χ2n) is 8.13. The first-order valence-corrected chi connectivity index (χ1v) is 9.98. The van der Waals surface area contributed by atoms with Crippen LogP contribution in [-0.2, 0) is 22.5 Å². The molecule has 1 saturated heterocycles. The molecule has 1 fully saturated rings. The quantitative estimate of drug-likeness (QED) is 0.756. The van der Waals surface area contributed by atoms with Gasteiger partial charge in [0, 0.05) is 38.3 Å². The summed E-state index contributed by atoms with van der Waals surface area (Å²) in [6.45, 7) is 10.4. The highest BCUT2D eigenvalue weighted by atomic mass is 16.5. The van der Waals surface area contributed by atoms with Crippen molar-refractivity contribution in [3.05, 3.63) is 23.3 Å². The molecule has 0 bridgehead atoms. The second-order valence-corrected chi connectivity index (χ2v) is 8.13. The number of benzene rings is 1. The van der Waals surface area contributed by atoms with Crippen molar-refractivity contribution in [3.63, 3.8) is 0 Å². The zero-order valence-corrected chi connectivity index (χ0v) is 17.5. The van der Waals surface area contributed by atoms with E-state index >= 15 is 0 Å². The summed E-state index contributed by atoms with van der Waals surface area (Å²) in [6.07, 6.45) is 0.905. The maximum absolute atomic E-state index is 12.5. The molecule has 1 aromatic rings. The van der Waals surface area contributed by atoms with E-state index in [0.29, 0.717) is 13.1 Å². The molecule has 0 unspecified atom stereocenters. The van der Waals surface area contributed by atoms with Crippen molar-refractivity contribution in [2.45, 2.75) is 32.4 Å². The number of carbonyl (C=O) groups excluding carboxylic acids is 1. The summed E-state index contributed by atoms with van der Waals surface area (Å²) >= 11 is 0. The van der Waals surface area contributed by atoms with Gasteiger partial charge in [0.05, 0.1) is 34.0 Å². The van der Waals surface area contributed by atoms with E-state index in [1.807, 2.05) is 6.07 Å². The highest BCUT2D eigenvalue weighted by Gasteiger charge is 2.29. The van der Waals surface area contributed by atoms with Crippen molar-refractivity contribution in [1.29, 1.82) is 0 Å². The van der Waals surface area contributed by atoms with Crippen LogP contribution in [0.2, 0.25) is 0 Å². The van der Waals surface area contributed by atoms with E-state index in [9.17, 15) is 4.79 Å². The number of nitrogens with zero attached hydrogens (tertiary/aromatic N) is 2. The third kappa shape index (κ3) is 4.96. The minimum atomic E-state index is -0.0716. The maximum Gasteiger partial charge on any atom is 0.234 e. The summed E-state index contributed by atoms with van der Waals surface area (Å²) in [5, 5.41) is 3.12. The first kappa shape index (κ1) is 20.9. The number of nitrogens with one attached hydrogen (secondary N) is 1. The van der Waals surface area contributed by atoms with Gasteiger partial charge in [0.2, 0.25) is 5.91 Å². The van der Waals surface area contributed by atoms with Crippen LogP contribution in [0.4, 0.5) is 0 Å². The summed E-state index contributed by atoms with van der Waals surface area (Å²) < 4.78 is 16.2. The van der Waals surface area contributed by atoms with Crippen molar-refractivity contribution in [2.75, 3.05) is 60.2 Å². The van der Waals surface area contributed by atoms with E-state index in [4.69, 9.17) is 14.2 Å². The summed E-state index contributed by atoms with van der Waals surface area (Å²) in [4.78, 5) is 17.1. The van der Waals surface area contributed by atoms with Gasteiger partial charge in [-0.2, -0.15) is 0 Å². The molecule has 7 nitrogen and oxygen atoms in total. The fourth-order valence-corrected chi connectivity index (χ4v) is 3.93. The molecule has 0 aromatic heterocycles. The molecule has 0 saturated carbocycles. The SMILES string of the molecule is COc1cc2c(cc1OC)CN(CC(=O)NCC(C)(C)N1CCOCC1)CC2. The predicted molar refractivity (Wildman–Crippen MR) is 108 cm³/mol. The van der Waals surface area contributed by atoms with Gasteiger partial charge >= 0.3 is 0 Å². The minimum Gasteiger partial charge on any atom is -0.493 e. The van der Waals surface area contributed by atoms with Crippen LogP contribution in [-0.4, -0.2) is 81.4 Å². The Kier molecular flexibility index (Phi) is 6.80. The molecule has 1 amide bonds. The van der Waals surface area contributed by atoms with Gasteiger partial charge in [0.25, 0.3) is 0 Å². The molecule has 0 aliphatic carbocycles. The molecule has 2 heterocycles. The number of hydrogen-bond donors (Lipinski definition) is 1. The molecule has 0 spiro atoms. The lowest BCUT2D eigenvalue weighted by Gasteiger charge is -2.41. The second kappa shape index (κ2) is 9.11. The van der Waals surface area contributed by atoms with E-state index in [2.05, 4.69) is 35.0 Å². The van der Waals surface area contributed by atoms with Gasteiger partial charge in [-0.1, -0.05) is 0 Å². The predicted octanol–water partition coefficient (Wildman–Crippen LogP) is 1.29. The largest absolute Gasteiger partial charge is 0.493 e. The monoisotopic (exact) mass is 391 g/mol. The Morgan fingerprint density at radius 3 is 2.39 bits per heavy atom. The summed E-state index contributed by atoms with van der Waals surface area (Å²) in [6, 6.07) is 4.08. The third-order valence-corrected chi connectivity index (χ3v) is 5.75. The fourth-order valence-electron chi connectivity index (χ4n) is 3.93. The van der Waals surface area contributed by atoms with Crippen molar-refractivity contribution in [1.82, 2.24) is 15.1 Å². The number of hydrogen-bond acceptors (Lipinski definition) is 6. The van der Waals surface area contributed by atoms with Gasteiger partial charge in [0.15, 0.2) is 11.5 Å². The molecule has 1 N–H and O–H groups in total. The van der Waals surface area contributed by atoms with Crippen LogP contribution in [0.3, 0.4) is 0 Å². The zero-order valence-electron chi connectivity index (χ0n) is 17.5. The van der Waals surface area contributed by atoms with Crippen LogP contribution in [0, 0.1) is 0 Å². The molecule has 156 valence electrons. The van der Waals surface area contributed by atoms with Crippen LogP contribution in [0.1, 0.15) is 25.0 Å². The number of carbonyl (C=O) groups is 1. The van der Waals surface area contributed by atoms with E-state index in [0.717, 1.165) is 57.3 Å². The first-order valence-electron chi connectivity index (χ1n) is 9.98. The summed E-state index contributed by atoms with van der Waals surface area (Å²) in [7, 11) is 3.30. The van der Waals surface area contributed by atoms with Crippen molar-refractivity contribution in [2.24, 2.45) is 0 Å². The van der Waals surface area contributed by atoms with Crippen molar-refractivity contribution < 1.29 is 19.0 Å². The Morgan fingerprint density at radius 2 is 1.75 bits per heavy atom. The van der Waals surface area contributed by atoms with Gasteiger partial charge in [-0.25, -0.2) is 0 Å². The molecule has 2 aliphatic heterocycles. The Labute approximate surface area is 167 Å². The maximum atomic E-state index is 12.5. The standard InChI is InChI=1S/C21H33N3O4/c1-21(2,24-7-9-28-10-8-24)15-22-20(25)14-23-6-5-16-11-18(26-3)19(27-4)12-17(16)13-23/h11-12H,5-10,13-15H2,1-4H3,(H,22,25). The molecule has 7 heteroatoms. The van der Waals surface area contributed by atoms with Crippen LogP contribution >= 0.6 is 0 Å². The molecule has 3 rings (SSSR count). The van der Waals surface area contributed by atoms with E-state index in [1.165, 1.54) is 11.1 Å². The third-order valence-electron chi connectivity index (χ3n) is 5.75. The molecule has 0 radical (unpaired) electrons. The van der Waals surface area contributed by atoms with Crippen LogP contribution < -0.4 is 14.8 Å². The minimum absolute atomic E-state index is 0.0716. The fraction of sp³-hybridized carbons (Fsp3) is 0.667. The van der Waals surface area contributed by atoms with Crippen LogP contribution in [0.15, 0.2) is 12.1 Å². The summed E-state index contributed by atoms with van der Waals surface area (Å²) in [5.41, 5.74) is 2.39. The van der Waals surface area contributed by atoms with Crippen molar-refractivity contribution >= 4 is 5.91 Å². The van der Waals surface area contributed by atoms with Gasteiger partial charge in [0.1, 0.15) is 0 Å². The number of morpholine rings is 1. The average molecular weight is 392 g/mol. The van der Waals surface area contributed by atoms with Crippen molar-refractivity contribution in [3.8, 4) is 11.5 Å². The number of ether oxygens (including phenoxy) is 3. The van der Waals surface area contributed by atoms with E-state index < -0.39 is 0 Å². The van der Waals surface area contributed by atoms with Gasteiger partial charge in [-0.15, -0.1) is 0 Å².